The lowest BCUT2D eigenvalue weighted by molar-refractivity contribution is 0.0996. The van der Waals surface area contributed by atoms with E-state index < -0.39 is 0 Å². The number of hydrogen-bond donors (Lipinski definition) is 0. The molecular formula is C12H22BrN. The molecule has 1 heterocycles. The Morgan fingerprint density at radius 2 is 1.93 bits per heavy atom. The van der Waals surface area contributed by atoms with Crippen molar-refractivity contribution in [2.24, 2.45) is 10.8 Å². The Morgan fingerprint density at radius 3 is 2.29 bits per heavy atom. The SMILES string of the molecule is CC1(C)CCN(CC2(CBr)CCC2)C1. The van der Waals surface area contributed by atoms with Gasteiger partial charge in [-0.1, -0.05) is 36.2 Å². The summed E-state index contributed by atoms with van der Waals surface area (Å²) in [5.41, 5.74) is 1.21. The summed E-state index contributed by atoms with van der Waals surface area (Å²) < 4.78 is 0. The first-order valence-corrected chi connectivity index (χ1v) is 6.96. The maximum absolute atomic E-state index is 3.69. The number of nitrogens with zero attached hydrogens (tertiary/aromatic N) is 1. The smallest absolute Gasteiger partial charge is 0.0100 e. The molecule has 2 fully saturated rings. The number of likely N-dealkylation sites (tertiary alicyclic amines) is 1. The second-order valence-electron chi connectivity index (χ2n) is 6.11. The average Bonchev–Trinajstić information content (AvgIpc) is 2.38. The lowest BCUT2D eigenvalue weighted by Crippen LogP contribution is -2.43. The van der Waals surface area contributed by atoms with Crippen LogP contribution in [0, 0.1) is 10.8 Å². The highest BCUT2D eigenvalue weighted by Crippen LogP contribution is 2.44. The van der Waals surface area contributed by atoms with Gasteiger partial charge < -0.3 is 4.90 Å². The maximum Gasteiger partial charge on any atom is 0.0100 e. The van der Waals surface area contributed by atoms with Gasteiger partial charge in [-0.3, -0.25) is 0 Å². The quantitative estimate of drug-likeness (QED) is 0.704. The van der Waals surface area contributed by atoms with Gasteiger partial charge in [-0.25, -0.2) is 0 Å². The molecule has 0 N–H and O–H groups in total. The molecule has 2 rings (SSSR count). The molecule has 2 aliphatic rings. The van der Waals surface area contributed by atoms with Crippen LogP contribution in [0.15, 0.2) is 0 Å². The average molecular weight is 260 g/mol. The number of rotatable bonds is 3. The fraction of sp³-hybridized carbons (Fsp3) is 1.00. The number of halogens is 1. The van der Waals surface area contributed by atoms with Crippen molar-refractivity contribution in [1.29, 1.82) is 0 Å². The molecule has 0 bridgehead atoms. The van der Waals surface area contributed by atoms with E-state index in [0.29, 0.717) is 10.8 Å². The van der Waals surface area contributed by atoms with Crippen molar-refractivity contribution in [2.75, 3.05) is 25.0 Å². The van der Waals surface area contributed by atoms with Gasteiger partial charge in [-0.15, -0.1) is 0 Å². The molecule has 0 aromatic heterocycles. The van der Waals surface area contributed by atoms with E-state index in [2.05, 4.69) is 34.7 Å². The maximum atomic E-state index is 3.69. The highest BCUT2D eigenvalue weighted by Gasteiger charge is 2.40. The molecule has 14 heavy (non-hydrogen) atoms. The molecule has 1 aliphatic heterocycles. The Bertz CT molecular complexity index is 203. The van der Waals surface area contributed by atoms with E-state index in [1.807, 2.05) is 0 Å². The van der Waals surface area contributed by atoms with Crippen LogP contribution in [-0.2, 0) is 0 Å². The Balaban J connectivity index is 1.86. The highest BCUT2D eigenvalue weighted by atomic mass is 79.9. The van der Waals surface area contributed by atoms with Gasteiger partial charge in [0.05, 0.1) is 0 Å². The van der Waals surface area contributed by atoms with Crippen LogP contribution < -0.4 is 0 Å². The molecule has 1 nitrogen and oxygen atoms in total. The minimum Gasteiger partial charge on any atom is -0.302 e. The van der Waals surface area contributed by atoms with Crippen LogP contribution in [-0.4, -0.2) is 29.9 Å². The lowest BCUT2D eigenvalue weighted by Gasteiger charge is -2.43. The van der Waals surface area contributed by atoms with Crippen molar-refractivity contribution in [3.05, 3.63) is 0 Å². The molecular weight excluding hydrogens is 238 g/mol. The first-order chi connectivity index (χ1) is 6.55. The normalized spacial score (nSPS) is 30.2. The first-order valence-electron chi connectivity index (χ1n) is 5.84. The van der Waals surface area contributed by atoms with Crippen LogP contribution in [0.3, 0.4) is 0 Å². The molecule has 1 saturated carbocycles. The van der Waals surface area contributed by atoms with Gasteiger partial charge in [0, 0.05) is 18.4 Å². The largest absolute Gasteiger partial charge is 0.302 e. The zero-order valence-electron chi connectivity index (χ0n) is 9.48. The molecule has 0 spiro atoms. The topological polar surface area (TPSA) is 3.24 Å². The third-order valence-electron chi connectivity index (χ3n) is 4.01. The zero-order chi connectivity index (χ0) is 10.2. The summed E-state index contributed by atoms with van der Waals surface area (Å²) >= 11 is 3.69. The number of hydrogen-bond acceptors (Lipinski definition) is 1. The van der Waals surface area contributed by atoms with E-state index in [-0.39, 0.29) is 0 Å². The predicted octanol–water partition coefficient (Wildman–Crippen LogP) is 3.28. The summed E-state index contributed by atoms with van der Waals surface area (Å²) in [5.74, 6) is 0. The van der Waals surface area contributed by atoms with E-state index in [4.69, 9.17) is 0 Å². The van der Waals surface area contributed by atoms with E-state index in [0.717, 1.165) is 0 Å². The van der Waals surface area contributed by atoms with Crippen LogP contribution in [0.1, 0.15) is 39.5 Å². The van der Waals surface area contributed by atoms with Crippen molar-refractivity contribution in [3.8, 4) is 0 Å². The Labute approximate surface area is 96.4 Å². The summed E-state index contributed by atoms with van der Waals surface area (Å²) in [4.78, 5) is 2.68. The van der Waals surface area contributed by atoms with E-state index in [1.165, 1.54) is 50.6 Å². The van der Waals surface area contributed by atoms with Crippen molar-refractivity contribution in [1.82, 2.24) is 4.90 Å². The fourth-order valence-electron chi connectivity index (χ4n) is 2.84. The van der Waals surface area contributed by atoms with Crippen molar-refractivity contribution in [2.45, 2.75) is 39.5 Å². The second kappa shape index (κ2) is 3.79. The van der Waals surface area contributed by atoms with E-state index in [9.17, 15) is 0 Å². The molecule has 0 unspecified atom stereocenters. The zero-order valence-corrected chi connectivity index (χ0v) is 11.1. The van der Waals surface area contributed by atoms with E-state index >= 15 is 0 Å². The third kappa shape index (κ3) is 2.16. The molecule has 2 heteroatoms. The minimum absolute atomic E-state index is 0.567. The Hall–Kier alpha value is 0.440. The van der Waals surface area contributed by atoms with Crippen molar-refractivity contribution < 1.29 is 0 Å². The molecule has 0 aromatic carbocycles. The van der Waals surface area contributed by atoms with Crippen LogP contribution in [0.25, 0.3) is 0 Å². The standard InChI is InChI=1S/C12H22BrN/c1-11(2)6-7-14(9-11)10-12(8-13)4-3-5-12/h3-10H2,1-2H3. The molecule has 1 saturated heterocycles. The summed E-state index contributed by atoms with van der Waals surface area (Å²) in [6.45, 7) is 8.76. The molecule has 0 amide bonds. The molecule has 0 radical (unpaired) electrons. The second-order valence-corrected chi connectivity index (χ2v) is 6.67. The summed E-state index contributed by atoms with van der Waals surface area (Å²) in [5, 5.41) is 1.21. The van der Waals surface area contributed by atoms with Crippen molar-refractivity contribution >= 4 is 15.9 Å². The first kappa shape index (κ1) is 10.9. The summed E-state index contributed by atoms with van der Waals surface area (Å²) in [7, 11) is 0. The Kier molecular flexibility index (Phi) is 2.96. The molecule has 0 aromatic rings. The summed E-state index contributed by atoms with van der Waals surface area (Å²) in [6, 6.07) is 0. The van der Waals surface area contributed by atoms with Crippen LogP contribution in [0.2, 0.25) is 0 Å². The highest BCUT2D eigenvalue weighted by molar-refractivity contribution is 9.09. The van der Waals surface area contributed by atoms with E-state index in [1.54, 1.807) is 0 Å². The lowest BCUT2D eigenvalue weighted by atomic mass is 9.70. The molecule has 1 aliphatic carbocycles. The van der Waals surface area contributed by atoms with Crippen molar-refractivity contribution in [3.63, 3.8) is 0 Å². The minimum atomic E-state index is 0.567. The van der Waals surface area contributed by atoms with Crippen LogP contribution >= 0.6 is 15.9 Å². The van der Waals surface area contributed by atoms with Gasteiger partial charge in [-0.2, -0.15) is 0 Å². The third-order valence-corrected chi connectivity index (χ3v) is 5.20. The monoisotopic (exact) mass is 259 g/mol. The van der Waals surface area contributed by atoms with Gasteiger partial charge in [0.15, 0.2) is 0 Å². The van der Waals surface area contributed by atoms with Gasteiger partial charge in [0.25, 0.3) is 0 Å². The van der Waals surface area contributed by atoms with Gasteiger partial charge in [0.2, 0.25) is 0 Å². The predicted molar refractivity (Wildman–Crippen MR) is 64.9 cm³/mol. The van der Waals surface area contributed by atoms with Gasteiger partial charge in [0.1, 0.15) is 0 Å². The van der Waals surface area contributed by atoms with Crippen LogP contribution in [0.4, 0.5) is 0 Å². The van der Waals surface area contributed by atoms with Crippen LogP contribution in [0.5, 0.6) is 0 Å². The summed E-state index contributed by atoms with van der Waals surface area (Å²) in [6.07, 6.45) is 5.71. The molecule has 0 atom stereocenters. The van der Waals surface area contributed by atoms with Gasteiger partial charge >= 0.3 is 0 Å². The number of alkyl halides is 1. The fourth-order valence-corrected chi connectivity index (χ4v) is 3.58. The Morgan fingerprint density at radius 1 is 1.21 bits per heavy atom. The van der Waals surface area contributed by atoms with Gasteiger partial charge in [-0.05, 0) is 36.6 Å². The molecule has 82 valence electrons.